The molecule has 0 bridgehead atoms. The van der Waals surface area contributed by atoms with Gasteiger partial charge in [0.05, 0.1) is 15.2 Å². The quantitative estimate of drug-likeness (QED) is 0.0917. The lowest BCUT2D eigenvalue weighted by Crippen LogP contribution is -2.28. The summed E-state index contributed by atoms with van der Waals surface area (Å²) < 4.78 is 69.1. The number of nitrogens with two attached hydrogens (primary N) is 1. The molecule has 0 saturated carbocycles. The van der Waals surface area contributed by atoms with Crippen molar-refractivity contribution >= 4 is 43.2 Å². The van der Waals surface area contributed by atoms with E-state index in [0.717, 1.165) is 53.2 Å². The van der Waals surface area contributed by atoms with Crippen LogP contribution in [0.4, 0.5) is 11.4 Å². The average Bonchev–Trinajstić information content (AvgIpc) is 3.36. The Balaban J connectivity index is 1.60. The molecule has 4 rings (SSSR count). The van der Waals surface area contributed by atoms with Crippen molar-refractivity contribution in [3.05, 3.63) is 83.6 Å². The molecule has 260 valence electrons. The largest absolute Gasteiger partial charge is 0.355 e. The number of rotatable bonds is 14. The first-order valence-electron chi connectivity index (χ1n) is 16.1. The molecule has 0 spiro atoms. The maximum Gasteiger partial charge on any atom is 0.294 e. The Kier molecular flexibility index (Phi) is 11.2. The smallest absolute Gasteiger partial charge is 0.294 e. The van der Waals surface area contributed by atoms with Gasteiger partial charge in [0.25, 0.3) is 20.2 Å². The third-order valence-corrected chi connectivity index (χ3v) is 10.8. The van der Waals surface area contributed by atoms with Gasteiger partial charge in [0.1, 0.15) is 6.54 Å². The second-order valence-corrected chi connectivity index (χ2v) is 15.9. The van der Waals surface area contributed by atoms with Crippen molar-refractivity contribution in [2.75, 3.05) is 31.1 Å². The Morgan fingerprint density at radius 3 is 2.17 bits per heavy atom. The minimum atomic E-state index is -4.38. The van der Waals surface area contributed by atoms with Crippen molar-refractivity contribution in [3.63, 3.8) is 0 Å². The van der Waals surface area contributed by atoms with Gasteiger partial charge in [-0.1, -0.05) is 32.1 Å². The molecule has 0 aliphatic carbocycles. The average molecular weight is 700 g/mol. The molecule has 0 fully saturated rings. The van der Waals surface area contributed by atoms with Crippen molar-refractivity contribution in [3.8, 4) is 0 Å². The van der Waals surface area contributed by atoms with Gasteiger partial charge >= 0.3 is 0 Å². The maximum absolute atomic E-state index is 12.0. The van der Waals surface area contributed by atoms with Gasteiger partial charge in [0.15, 0.2) is 5.71 Å². The fourth-order valence-corrected chi connectivity index (χ4v) is 7.62. The zero-order valence-electron chi connectivity index (χ0n) is 28.2. The monoisotopic (exact) mass is 699 g/mol. The Hall–Kier alpha value is -3.62. The number of nitrogens with zero attached hydrogens (tertiary/aromatic N) is 2. The molecule has 0 radical (unpaired) electrons. The first-order valence-corrected chi connectivity index (χ1v) is 19.0. The Labute approximate surface area is 284 Å². The number of carbonyl (C=O) groups excluding carboxylic acids is 1. The predicted molar refractivity (Wildman–Crippen MR) is 188 cm³/mol. The molecular weight excluding hydrogens is 653 g/mol. The van der Waals surface area contributed by atoms with Crippen LogP contribution < -0.4 is 16.0 Å². The summed E-state index contributed by atoms with van der Waals surface area (Å²) in [6.45, 7) is 12.3. The lowest BCUT2D eigenvalue weighted by atomic mass is 9.81. The van der Waals surface area contributed by atoms with E-state index in [1.165, 1.54) is 24.3 Å². The Bertz CT molecular complexity index is 1910. The van der Waals surface area contributed by atoms with Crippen LogP contribution in [-0.4, -0.2) is 68.3 Å². The van der Waals surface area contributed by atoms with Crippen molar-refractivity contribution < 1.29 is 35.3 Å². The summed E-state index contributed by atoms with van der Waals surface area (Å²) in [5.41, 5.74) is 9.67. The van der Waals surface area contributed by atoms with E-state index in [1.54, 1.807) is 12.1 Å². The summed E-state index contributed by atoms with van der Waals surface area (Å²) >= 11 is 0. The van der Waals surface area contributed by atoms with Gasteiger partial charge in [-0.25, -0.2) is 0 Å². The lowest BCUT2D eigenvalue weighted by molar-refractivity contribution is -0.438. The van der Waals surface area contributed by atoms with E-state index in [4.69, 9.17) is 5.73 Å². The van der Waals surface area contributed by atoms with Crippen molar-refractivity contribution in [2.45, 2.75) is 80.9 Å². The fraction of sp³-hybridized carbons (Fsp3) is 0.429. The van der Waals surface area contributed by atoms with Crippen molar-refractivity contribution in [2.24, 2.45) is 5.73 Å². The zero-order valence-corrected chi connectivity index (χ0v) is 29.9. The van der Waals surface area contributed by atoms with Gasteiger partial charge in [0, 0.05) is 67.0 Å². The molecule has 2 aromatic carbocycles. The number of benzene rings is 2. The molecule has 11 nitrogen and oxygen atoms in total. The summed E-state index contributed by atoms with van der Waals surface area (Å²) in [5.74, 6) is -0.0161. The minimum absolute atomic E-state index is 0.0161. The van der Waals surface area contributed by atoms with Crippen LogP contribution in [0.5, 0.6) is 0 Å². The molecule has 13 heteroatoms. The van der Waals surface area contributed by atoms with Crippen LogP contribution in [0.25, 0.3) is 0 Å². The molecule has 1 amide bonds. The van der Waals surface area contributed by atoms with Gasteiger partial charge < -0.3 is 16.0 Å². The van der Waals surface area contributed by atoms with Crippen LogP contribution in [0.3, 0.4) is 0 Å². The van der Waals surface area contributed by atoms with Crippen LogP contribution in [0.1, 0.15) is 71.4 Å². The number of amides is 1. The molecule has 48 heavy (non-hydrogen) atoms. The number of hydrogen-bond donors (Lipinski definition) is 4. The van der Waals surface area contributed by atoms with E-state index >= 15 is 0 Å². The number of anilines is 1. The molecule has 0 atom stereocenters. The third-order valence-electron chi connectivity index (χ3n) is 9.12. The summed E-state index contributed by atoms with van der Waals surface area (Å²) in [6.07, 6.45) is 12.6. The van der Waals surface area contributed by atoms with E-state index in [2.05, 4.69) is 14.8 Å². The number of carbonyl (C=O) groups is 1. The van der Waals surface area contributed by atoms with Crippen LogP contribution in [0, 0.1) is 0 Å². The number of likely N-dealkylation sites (N-methyl/N-ethyl adjacent to an activating group) is 1. The van der Waals surface area contributed by atoms with E-state index < -0.39 is 31.1 Å². The predicted octanol–water partition coefficient (Wildman–Crippen LogP) is 5.01. The van der Waals surface area contributed by atoms with E-state index in [9.17, 15) is 30.7 Å². The number of fused-ring (bicyclic) bond motifs is 2. The zero-order chi connectivity index (χ0) is 35.5. The maximum atomic E-state index is 12.0. The number of nitrogens with one attached hydrogen (secondary N) is 1. The highest BCUT2D eigenvalue weighted by Gasteiger charge is 2.45. The summed E-state index contributed by atoms with van der Waals surface area (Å²) in [7, 11) is -8.72. The number of hydrogen-bond acceptors (Lipinski definition) is 7. The molecule has 0 saturated heterocycles. The summed E-state index contributed by atoms with van der Waals surface area (Å²) in [5, 5.41) is 2.78. The second-order valence-electron chi connectivity index (χ2n) is 13.1. The first-order chi connectivity index (χ1) is 22.4. The molecule has 2 aliphatic rings. The first kappa shape index (κ1) is 37.2. The van der Waals surface area contributed by atoms with Crippen LogP contribution in [0.2, 0.25) is 0 Å². The normalized spacial score (nSPS) is 17.9. The number of unbranched alkanes of at least 4 members (excludes halogenated alkanes) is 2. The Morgan fingerprint density at radius 2 is 1.54 bits per heavy atom. The van der Waals surface area contributed by atoms with E-state index in [1.807, 2.05) is 65.0 Å². The molecular formula is C35H47N4O7S2+. The van der Waals surface area contributed by atoms with E-state index in [-0.39, 0.29) is 15.7 Å². The van der Waals surface area contributed by atoms with Gasteiger partial charge in [-0.2, -0.15) is 21.4 Å². The summed E-state index contributed by atoms with van der Waals surface area (Å²) in [4.78, 5) is 13.8. The van der Waals surface area contributed by atoms with Crippen molar-refractivity contribution in [1.82, 2.24) is 5.32 Å². The van der Waals surface area contributed by atoms with Crippen molar-refractivity contribution in [1.29, 1.82) is 0 Å². The third kappa shape index (κ3) is 7.81. The standard InChI is InChI=1S/C35H46N4O7S2/c1-6-38-29-18-16-25(47(41,42)43)23-27(29)34(2,3)31(38)13-9-7-10-14-32-35(4,5)28-24-26(48(44,45)46)17-19-30(28)39(32)22-12-8-11-15-33(40)37-21-20-36/h7,9-10,13-14,16-19,23-24H,6,8,11-12,15,20-22,36H2,1-5H3,(H2-,37,40,41,42,43,44,45,46)/p+1. The van der Waals surface area contributed by atoms with Gasteiger partial charge in [-0.3, -0.25) is 13.9 Å². The van der Waals surface area contributed by atoms with Crippen LogP contribution in [-0.2, 0) is 35.9 Å². The molecule has 2 heterocycles. The minimum Gasteiger partial charge on any atom is -0.355 e. The highest BCUT2D eigenvalue weighted by atomic mass is 32.2. The van der Waals surface area contributed by atoms with Crippen LogP contribution in [0.15, 0.2) is 82.3 Å². The highest BCUT2D eigenvalue weighted by molar-refractivity contribution is 7.86. The van der Waals surface area contributed by atoms with Crippen LogP contribution >= 0.6 is 0 Å². The fourth-order valence-electron chi connectivity index (χ4n) is 6.60. The van der Waals surface area contributed by atoms with E-state index in [0.29, 0.717) is 32.6 Å². The van der Waals surface area contributed by atoms with Gasteiger partial charge in [-0.15, -0.1) is 0 Å². The second kappa shape index (κ2) is 14.5. The molecule has 0 unspecified atom stereocenters. The molecule has 2 aliphatic heterocycles. The Morgan fingerprint density at radius 1 is 0.896 bits per heavy atom. The summed E-state index contributed by atoms with van der Waals surface area (Å²) in [6, 6.07) is 9.35. The number of allylic oxidation sites excluding steroid dienone is 6. The topological polar surface area (TPSA) is 170 Å². The van der Waals surface area contributed by atoms with Gasteiger partial charge in [-0.05, 0) is 75.6 Å². The SMILES string of the molecule is CCN1C(=CC=CC=CC2=[N+](CCCCCC(=O)NCCN)c3ccc(S(=O)(=O)O)cc3C2(C)C)C(C)(C)c2cc(S(=O)(=O)O)ccc21. The van der Waals surface area contributed by atoms with Gasteiger partial charge in [0.2, 0.25) is 11.6 Å². The molecule has 5 N–H and O–H groups in total. The lowest BCUT2D eigenvalue weighted by Gasteiger charge is -2.25. The molecule has 2 aromatic rings. The highest BCUT2D eigenvalue weighted by Crippen LogP contribution is 2.48. The molecule has 0 aromatic heterocycles.